The molecule has 3 atom stereocenters. The van der Waals surface area contributed by atoms with Crippen LogP contribution in [0.3, 0.4) is 0 Å². The van der Waals surface area contributed by atoms with Gasteiger partial charge in [0.2, 0.25) is 0 Å². The number of phenolic OH excluding ortho intramolecular Hbond substituents is 3. The van der Waals surface area contributed by atoms with Gasteiger partial charge in [-0.1, -0.05) is 20.8 Å². The smallest absolute Gasteiger partial charge is 0.347 e. The molecule has 15 nitrogen and oxygen atoms in total. The first-order valence-corrected chi connectivity index (χ1v) is 17.7. The quantitative estimate of drug-likeness (QED) is 0.0771. The molecule has 0 amide bonds. The van der Waals surface area contributed by atoms with Crippen LogP contribution in [-0.4, -0.2) is 86.3 Å². The number of aromatic nitrogens is 3. The molecule has 1 aromatic heterocycles. The summed E-state index contributed by atoms with van der Waals surface area (Å²) in [4.78, 5) is 50.6. The van der Waals surface area contributed by atoms with Gasteiger partial charge in [0, 0.05) is 18.2 Å². The van der Waals surface area contributed by atoms with Crippen molar-refractivity contribution in [2.24, 2.45) is 0 Å². The van der Waals surface area contributed by atoms with Gasteiger partial charge < -0.3 is 43.7 Å². The second-order valence-electron chi connectivity index (χ2n) is 11.6. The summed E-state index contributed by atoms with van der Waals surface area (Å²) in [5.41, 5.74) is 0.405. The standard InChI is InChI=1S/C39H45N3O12/c1-7-31(37(46)49-10-4)52-22-13-16-25(28(43)19-22)34-40-35(26-17-14-23(20-29(26)44)53-32(8-2)38(47)50-11-5)42-36(41-34)27-18-15-24(21-30(27)45)54-33(9-3)39(48)51-12-6/h13-21,31-33,43-45H,7-12H2,1-6H3. The van der Waals surface area contributed by atoms with Gasteiger partial charge in [0.1, 0.15) is 34.5 Å². The third-order valence-corrected chi connectivity index (χ3v) is 7.86. The highest BCUT2D eigenvalue weighted by molar-refractivity contribution is 5.78. The number of hydrogen-bond donors (Lipinski definition) is 3. The van der Waals surface area contributed by atoms with Gasteiger partial charge in [-0.15, -0.1) is 0 Å². The molecule has 3 unspecified atom stereocenters. The molecule has 15 heteroatoms. The predicted octanol–water partition coefficient (Wildman–Crippen LogP) is 6.15. The summed E-state index contributed by atoms with van der Waals surface area (Å²) in [5, 5.41) is 33.5. The van der Waals surface area contributed by atoms with Gasteiger partial charge in [0.05, 0.1) is 36.5 Å². The number of benzene rings is 3. The Morgan fingerprint density at radius 1 is 0.481 bits per heavy atom. The van der Waals surface area contributed by atoms with Crippen LogP contribution in [0.4, 0.5) is 0 Å². The minimum Gasteiger partial charge on any atom is -0.507 e. The fourth-order valence-electron chi connectivity index (χ4n) is 5.15. The van der Waals surface area contributed by atoms with Crippen molar-refractivity contribution in [2.45, 2.75) is 79.1 Å². The normalized spacial score (nSPS) is 12.6. The molecule has 0 aliphatic rings. The van der Waals surface area contributed by atoms with Gasteiger partial charge in [0.25, 0.3) is 0 Å². The highest BCUT2D eigenvalue weighted by Crippen LogP contribution is 2.38. The van der Waals surface area contributed by atoms with Crippen molar-refractivity contribution in [3.63, 3.8) is 0 Å². The average Bonchev–Trinajstić information content (AvgIpc) is 3.15. The first-order chi connectivity index (χ1) is 26.0. The zero-order valence-corrected chi connectivity index (χ0v) is 31.0. The summed E-state index contributed by atoms with van der Waals surface area (Å²) < 4.78 is 32.6. The van der Waals surface area contributed by atoms with E-state index < -0.39 is 36.2 Å². The van der Waals surface area contributed by atoms with E-state index in [4.69, 9.17) is 28.4 Å². The summed E-state index contributed by atoms with van der Waals surface area (Å²) >= 11 is 0. The van der Waals surface area contributed by atoms with Gasteiger partial charge in [-0.3, -0.25) is 0 Å². The highest BCUT2D eigenvalue weighted by atomic mass is 16.6. The van der Waals surface area contributed by atoms with Crippen molar-refractivity contribution in [1.29, 1.82) is 0 Å². The molecule has 288 valence electrons. The molecule has 4 aromatic rings. The molecule has 0 aliphatic carbocycles. The molecule has 0 saturated carbocycles. The lowest BCUT2D eigenvalue weighted by molar-refractivity contribution is -0.152. The van der Waals surface area contributed by atoms with E-state index in [1.54, 1.807) is 41.5 Å². The molecular formula is C39H45N3O12. The fourth-order valence-corrected chi connectivity index (χ4v) is 5.15. The SMILES string of the molecule is CCOC(=O)C(CC)Oc1ccc(-c2nc(-c3ccc(OC(CC)C(=O)OCC)cc3O)nc(-c3ccc(OC(CC)C(=O)OCC)cc3O)n2)c(O)c1. The Balaban J connectivity index is 1.78. The number of aromatic hydroxyl groups is 3. The first kappa shape index (κ1) is 40.6. The summed E-state index contributed by atoms with van der Waals surface area (Å²) in [6.45, 7) is 10.9. The Morgan fingerprint density at radius 2 is 0.741 bits per heavy atom. The van der Waals surface area contributed by atoms with Gasteiger partial charge >= 0.3 is 17.9 Å². The molecule has 0 spiro atoms. The van der Waals surface area contributed by atoms with Gasteiger partial charge in [0.15, 0.2) is 35.8 Å². The largest absolute Gasteiger partial charge is 0.507 e. The van der Waals surface area contributed by atoms with Crippen LogP contribution < -0.4 is 14.2 Å². The van der Waals surface area contributed by atoms with Crippen LogP contribution in [-0.2, 0) is 28.6 Å². The maximum atomic E-state index is 12.3. The molecular weight excluding hydrogens is 702 g/mol. The predicted molar refractivity (Wildman–Crippen MR) is 195 cm³/mol. The minimum absolute atomic E-state index is 0.0438. The van der Waals surface area contributed by atoms with Crippen LogP contribution in [0.15, 0.2) is 54.6 Å². The maximum absolute atomic E-state index is 12.3. The second-order valence-corrected chi connectivity index (χ2v) is 11.6. The molecule has 0 radical (unpaired) electrons. The van der Waals surface area contributed by atoms with E-state index in [2.05, 4.69) is 15.0 Å². The topological polar surface area (TPSA) is 206 Å². The molecule has 0 saturated heterocycles. The Morgan fingerprint density at radius 3 is 0.944 bits per heavy atom. The zero-order chi connectivity index (χ0) is 39.4. The summed E-state index contributed by atoms with van der Waals surface area (Å²) in [5.74, 6) is -2.10. The van der Waals surface area contributed by atoms with Crippen molar-refractivity contribution >= 4 is 17.9 Å². The summed E-state index contributed by atoms with van der Waals surface area (Å²) in [6, 6.07) is 12.9. The zero-order valence-electron chi connectivity index (χ0n) is 31.0. The third kappa shape index (κ3) is 10.1. The van der Waals surface area contributed by atoms with Gasteiger partial charge in [-0.05, 0) is 76.4 Å². The molecule has 0 fully saturated rings. The van der Waals surface area contributed by atoms with E-state index in [0.717, 1.165) is 0 Å². The van der Waals surface area contributed by atoms with Crippen LogP contribution in [0.25, 0.3) is 34.2 Å². The fraction of sp³-hybridized carbons (Fsp3) is 0.385. The number of carbonyl (C=O) groups is 3. The van der Waals surface area contributed by atoms with Crippen molar-refractivity contribution in [2.75, 3.05) is 19.8 Å². The van der Waals surface area contributed by atoms with E-state index in [-0.39, 0.29) is 88.5 Å². The molecule has 1 heterocycles. The van der Waals surface area contributed by atoms with E-state index in [0.29, 0.717) is 19.3 Å². The van der Waals surface area contributed by atoms with E-state index in [1.807, 2.05) is 0 Å². The van der Waals surface area contributed by atoms with Crippen molar-refractivity contribution in [3.8, 4) is 68.7 Å². The number of ether oxygens (including phenoxy) is 6. The molecule has 4 rings (SSSR count). The van der Waals surface area contributed by atoms with Crippen LogP contribution >= 0.6 is 0 Å². The van der Waals surface area contributed by atoms with Crippen molar-refractivity contribution in [1.82, 2.24) is 15.0 Å². The molecule has 0 bridgehead atoms. The van der Waals surface area contributed by atoms with Crippen LogP contribution in [0.5, 0.6) is 34.5 Å². The number of esters is 3. The summed E-state index contributed by atoms with van der Waals surface area (Å²) in [7, 11) is 0. The third-order valence-electron chi connectivity index (χ3n) is 7.86. The number of rotatable bonds is 18. The lowest BCUT2D eigenvalue weighted by atomic mass is 10.1. The average molecular weight is 748 g/mol. The van der Waals surface area contributed by atoms with Crippen LogP contribution in [0, 0.1) is 0 Å². The Kier molecular flexibility index (Phi) is 14.4. The van der Waals surface area contributed by atoms with E-state index >= 15 is 0 Å². The molecule has 54 heavy (non-hydrogen) atoms. The number of carbonyl (C=O) groups excluding carboxylic acids is 3. The minimum atomic E-state index is -0.898. The number of nitrogens with zero attached hydrogens (tertiary/aromatic N) is 3. The van der Waals surface area contributed by atoms with Crippen LogP contribution in [0.1, 0.15) is 60.8 Å². The van der Waals surface area contributed by atoms with Gasteiger partial charge in [-0.2, -0.15) is 0 Å². The van der Waals surface area contributed by atoms with E-state index in [9.17, 15) is 29.7 Å². The Hall–Kier alpha value is -6.12. The van der Waals surface area contributed by atoms with Gasteiger partial charge in [-0.25, -0.2) is 29.3 Å². The van der Waals surface area contributed by atoms with Crippen molar-refractivity contribution in [3.05, 3.63) is 54.6 Å². The number of hydrogen-bond acceptors (Lipinski definition) is 15. The summed E-state index contributed by atoms with van der Waals surface area (Å²) in [6.07, 6.45) is -1.72. The maximum Gasteiger partial charge on any atom is 0.347 e. The van der Waals surface area contributed by atoms with E-state index in [1.165, 1.54) is 54.6 Å². The number of phenols is 3. The lowest BCUT2D eigenvalue weighted by Crippen LogP contribution is -2.28. The monoisotopic (exact) mass is 747 g/mol. The Labute approximate surface area is 312 Å². The first-order valence-electron chi connectivity index (χ1n) is 17.7. The lowest BCUT2D eigenvalue weighted by Gasteiger charge is -2.18. The molecule has 0 aliphatic heterocycles. The molecule has 3 N–H and O–H groups in total. The van der Waals surface area contributed by atoms with Crippen molar-refractivity contribution < 1.29 is 58.1 Å². The van der Waals surface area contributed by atoms with Crippen LogP contribution in [0.2, 0.25) is 0 Å². The highest BCUT2D eigenvalue weighted by Gasteiger charge is 2.25. The molecule has 3 aromatic carbocycles. The second kappa shape index (κ2) is 19.1. The Bertz CT molecular complexity index is 1710.